The van der Waals surface area contributed by atoms with Crippen LogP contribution < -0.4 is 10.1 Å². The number of benzene rings is 1. The fraction of sp³-hybridized carbons (Fsp3) is 0.250. The maximum Gasteiger partial charge on any atom is 0.186 e. The van der Waals surface area contributed by atoms with Gasteiger partial charge in [-0.15, -0.1) is 15.3 Å². The Balaban J connectivity index is 1.59. The van der Waals surface area contributed by atoms with Gasteiger partial charge in [0.25, 0.3) is 0 Å². The van der Waals surface area contributed by atoms with Crippen molar-refractivity contribution in [1.29, 1.82) is 0 Å². The molecule has 0 radical (unpaired) electrons. The highest BCUT2D eigenvalue weighted by atomic mass is 32.1. The molecule has 144 valence electrons. The number of hydrogen-bond donors (Lipinski definition) is 1. The fourth-order valence-electron chi connectivity index (χ4n) is 3.17. The van der Waals surface area contributed by atoms with Crippen molar-refractivity contribution in [2.24, 2.45) is 0 Å². The topological polar surface area (TPSA) is 67.6 Å². The van der Waals surface area contributed by atoms with Crippen LogP contribution in [-0.4, -0.2) is 52.5 Å². The van der Waals surface area contributed by atoms with E-state index in [0.29, 0.717) is 6.54 Å². The third kappa shape index (κ3) is 3.56. The average molecular weight is 395 g/mol. The van der Waals surface area contributed by atoms with Crippen LogP contribution in [0, 0.1) is 0 Å². The number of nitrogens with zero attached hydrogens (tertiary/aromatic N) is 5. The Bertz CT molecular complexity index is 1060. The second kappa shape index (κ2) is 7.95. The highest BCUT2D eigenvalue weighted by molar-refractivity contribution is 7.08. The zero-order valence-corrected chi connectivity index (χ0v) is 16.8. The van der Waals surface area contributed by atoms with Gasteiger partial charge in [0.15, 0.2) is 11.5 Å². The average Bonchev–Trinajstić information content (AvgIpc) is 3.37. The van der Waals surface area contributed by atoms with Gasteiger partial charge in [0.2, 0.25) is 0 Å². The molecule has 1 N–H and O–H groups in total. The highest BCUT2D eigenvalue weighted by Gasteiger charge is 2.18. The molecule has 0 saturated carbocycles. The summed E-state index contributed by atoms with van der Waals surface area (Å²) in [6, 6.07) is 14.1. The van der Waals surface area contributed by atoms with Crippen molar-refractivity contribution in [3.8, 4) is 17.1 Å². The molecule has 28 heavy (non-hydrogen) atoms. The monoisotopic (exact) mass is 394 g/mol. The summed E-state index contributed by atoms with van der Waals surface area (Å²) in [4.78, 5) is 2.17. The van der Waals surface area contributed by atoms with Crippen LogP contribution in [0.25, 0.3) is 17.0 Å². The number of para-hydroxylation sites is 1. The van der Waals surface area contributed by atoms with E-state index in [4.69, 9.17) is 9.84 Å². The molecule has 7 nitrogen and oxygen atoms in total. The molecule has 0 amide bonds. The molecule has 0 aliphatic rings. The molecule has 1 aromatic carbocycles. The van der Waals surface area contributed by atoms with Crippen molar-refractivity contribution in [2.75, 3.05) is 33.1 Å². The van der Waals surface area contributed by atoms with Crippen LogP contribution in [0.15, 0.2) is 53.2 Å². The van der Waals surface area contributed by atoms with Crippen LogP contribution in [0.1, 0.15) is 11.6 Å². The Morgan fingerprint density at radius 2 is 2.00 bits per heavy atom. The van der Waals surface area contributed by atoms with Crippen molar-refractivity contribution >= 4 is 22.8 Å². The Hall–Kier alpha value is -2.97. The lowest BCUT2D eigenvalue weighted by Gasteiger charge is -2.26. The number of thiophene rings is 1. The van der Waals surface area contributed by atoms with Crippen LogP contribution in [-0.2, 0) is 0 Å². The van der Waals surface area contributed by atoms with Gasteiger partial charge >= 0.3 is 0 Å². The van der Waals surface area contributed by atoms with Gasteiger partial charge in [-0.05, 0) is 43.7 Å². The van der Waals surface area contributed by atoms with Crippen molar-refractivity contribution in [3.05, 3.63) is 58.8 Å². The first-order chi connectivity index (χ1) is 13.7. The van der Waals surface area contributed by atoms with Gasteiger partial charge in [0.05, 0.1) is 13.2 Å². The van der Waals surface area contributed by atoms with Crippen LogP contribution in [0.2, 0.25) is 0 Å². The molecule has 0 bridgehead atoms. The van der Waals surface area contributed by atoms with Gasteiger partial charge in [-0.3, -0.25) is 0 Å². The number of hydrogen-bond acceptors (Lipinski definition) is 7. The zero-order chi connectivity index (χ0) is 19.5. The van der Waals surface area contributed by atoms with Crippen molar-refractivity contribution in [3.63, 3.8) is 0 Å². The lowest BCUT2D eigenvalue weighted by atomic mass is 10.0. The molecule has 0 aliphatic heterocycles. The predicted octanol–water partition coefficient (Wildman–Crippen LogP) is 3.58. The number of ether oxygens (including phenoxy) is 1. The number of nitrogens with one attached hydrogen (secondary N) is 1. The minimum absolute atomic E-state index is 0.130. The molecule has 0 spiro atoms. The van der Waals surface area contributed by atoms with Gasteiger partial charge in [-0.1, -0.05) is 18.2 Å². The largest absolute Gasteiger partial charge is 0.496 e. The molecule has 0 saturated heterocycles. The van der Waals surface area contributed by atoms with Crippen molar-refractivity contribution in [1.82, 2.24) is 24.7 Å². The molecule has 0 fully saturated rings. The second-order valence-electron chi connectivity index (χ2n) is 6.63. The smallest absolute Gasteiger partial charge is 0.186 e. The summed E-state index contributed by atoms with van der Waals surface area (Å²) < 4.78 is 7.32. The van der Waals surface area contributed by atoms with Crippen LogP contribution in [0.5, 0.6) is 5.75 Å². The van der Waals surface area contributed by atoms with Gasteiger partial charge in [-0.25, -0.2) is 0 Å². The van der Waals surface area contributed by atoms with Gasteiger partial charge in [-0.2, -0.15) is 15.9 Å². The summed E-state index contributed by atoms with van der Waals surface area (Å²) in [7, 11) is 5.82. The van der Waals surface area contributed by atoms with E-state index in [-0.39, 0.29) is 6.04 Å². The summed E-state index contributed by atoms with van der Waals surface area (Å²) in [5.41, 5.74) is 2.87. The summed E-state index contributed by atoms with van der Waals surface area (Å²) in [6.07, 6.45) is 0. The van der Waals surface area contributed by atoms with Gasteiger partial charge in [0, 0.05) is 23.1 Å². The fourth-order valence-corrected chi connectivity index (χ4v) is 3.80. The Morgan fingerprint density at radius 3 is 2.75 bits per heavy atom. The van der Waals surface area contributed by atoms with E-state index in [0.717, 1.165) is 34.2 Å². The molecule has 1 atom stereocenters. The SMILES string of the molecule is COc1ccccc1C(CNc1ccc2nnc(-c3ccsc3)n2n1)N(C)C. The van der Waals surface area contributed by atoms with Crippen LogP contribution in [0.3, 0.4) is 0 Å². The molecule has 1 unspecified atom stereocenters. The van der Waals surface area contributed by atoms with E-state index < -0.39 is 0 Å². The van der Waals surface area contributed by atoms with E-state index in [1.165, 1.54) is 0 Å². The van der Waals surface area contributed by atoms with E-state index >= 15 is 0 Å². The van der Waals surface area contributed by atoms with Crippen LogP contribution in [0.4, 0.5) is 5.82 Å². The Morgan fingerprint density at radius 1 is 1.14 bits per heavy atom. The quantitative estimate of drug-likeness (QED) is 0.517. The molecule has 3 heterocycles. The first kappa shape index (κ1) is 18.4. The number of aromatic nitrogens is 4. The van der Waals surface area contributed by atoms with Gasteiger partial charge in [0.1, 0.15) is 11.6 Å². The lowest BCUT2D eigenvalue weighted by Crippen LogP contribution is -2.27. The zero-order valence-electron chi connectivity index (χ0n) is 16.0. The van der Waals surface area contributed by atoms with E-state index in [1.807, 2.05) is 47.2 Å². The van der Waals surface area contributed by atoms with Crippen LogP contribution >= 0.6 is 11.3 Å². The first-order valence-corrected chi connectivity index (χ1v) is 9.90. The maximum atomic E-state index is 5.54. The summed E-state index contributed by atoms with van der Waals surface area (Å²) >= 11 is 1.63. The predicted molar refractivity (Wildman–Crippen MR) is 112 cm³/mol. The maximum absolute atomic E-state index is 5.54. The third-order valence-electron chi connectivity index (χ3n) is 4.64. The minimum atomic E-state index is 0.130. The van der Waals surface area contributed by atoms with E-state index in [1.54, 1.807) is 23.0 Å². The van der Waals surface area contributed by atoms with Crippen molar-refractivity contribution in [2.45, 2.75) is 6.04 Å². The first-order valence-electron chi connectivity index (χ1n) is 8.95. The molecular weight excluding hydrogens is 372 g/mol. The molecule has 4 aromatic rings. The summed E-state index contributed by atoms with van der Waals surface area (Å²) in [5.74, 6) is 2.39. The number of methoxy groups -OCH3 is 1. The van der Waals surface area contributed by atoms with Gasteiger partial charge < -0.3 is 15.0 Å². The number of likely N-dealkylation sites (N-methyl/N-ethyl adjacent to an activating group) is 1. The third-order valence-corrected chi connectivity index (χ3v) is 5.32. The summed E-state index contributed by atoms with van der Waals surface area (Å²) in [6.45, 7) is 0.682. The van der Waals surface area contributed by atoms with E-state index in [9.17, 15) is 0 Å². The molecule has 8 heteroatoms. The molecule has 4 rings (SSSR count). The normalized spacial score (nSPS) is 12.4. The Kier molecular flexibility index (Phi) is 5.23. The molecule has 0 aliphatic carbocycles. The molecule has 3 aromatic heterocycles. The Labute approximate surface area is 167 Å². The number of fused-ring (bicyclic) bond motifs is 1. The van der Waals surface area contributed by atoms with Crippen molar-refractivity contribution < 1.29 is 4.74 Å². The second-order valence-corrected chi connectivity index (χ2v) is 7.41. The molecular formula is C20H22N6OS. The minimum Gasteiger partial charge on any atom is -0.496 e. The number of rotatable bonds is 7. The lowest BCUT2D eigenvalue weighted by molar-refractivity contribution is 0.300. The van der Waals surface area contributed by atoms with E-state index in [2.05, 4.69) is 40.6 Å². The number of anilines is 1. The highest BCUT2D eigenvalue weighted by Crippen LogP contribution is 2.28. The summed E-state index contributed by atoms with van der Waals surface area (Å²) in [5, 5.41) is 20.7. The standard InChI is InChI=1S/C20H22N6OS/c1-25(2)16(15-6-4-5-7-17(15)27-3)12-21-18-8-9-19-22-23-20(26(19)24-18)14-10-11-28-13-14/h4-11,13,16H,12H2,1-3H3,(H,21,24).